The lowest BCUT2D eigenvalue weighted by atomic mass is 10.0. The van der Waals surface area contributed by atoms with Crippen molar-refractivity contribution in [3.05, 3.63) is 24.3 Å². The SMILES string of the molecule is CCCCCCC/C=C\C/C=C\CCCCCCCCCCCCCCCCCCCCCCCCCCCC(=O)NC(COP(=O)(O)OCC[N+](C)(C)C)C(O)CCCCCCCCCCCCC. The number of nitrogens with one attached hydrogen (secondary N) is 1. The van der Waals surface area contributed by atoms with Gasteiger partial charge in [0.25, 0.3) is 0 Å². The van der Waals surface area contributed by atoms with Gasteiger partial charge in [-0.15, -0.1) is 0 Å². The van der Waals surface area contributed by atoms with Gasteiger partial charge < -0.3 is 19.8 Å². The standard InChI is InChI=1S/C61H121N2O6P/c1-6-8-10-12-14-16-18-19-20-21-22-23-24-25-26-27-28-29-30-31-32-33-34-35-36-37-38-39-40-41-42-43-45-47-49-51-53-55-61(65)62-59(58-69-70(66,67)68-57-56-63(3,4)5)60(64)54-52-50-48-46-44-17-15-13-11-9-7-2/h18-19,21-22,59-60,64H,6-17,20,23-58H2,1-5H3,(H-,62,65,66,67)/p+1/b19-18-,22-21-. The van der Waals surface area contributed by atoms with E-state index < -0.39 is 20.0 Å². The van der Waals surface area contributed by atoms with E-state index in [2.05, 4.69) is 43.5 Å². The zero-order chi connectivity index (χ0) is 51.3. The van der Waals surface area contributed by atoms with Crippen LogP contribution in [-0.2, 0) is 18.4 Å². The van der Waals surface area contributed by atoms with E-state index in [9.17, 15) is 19.4 Å². The Hall–Kier alpha value is -1.02. The van der Waals surface area contributed by atoms with Gasteiger partial charge in [0.1, 0.15) is 13.2 Å². The predicted molar refractivity (Wildman–Crippen MR) is 305 cm³/mol. The first-order chi connectivity index (χ1) is 34.0. The highest BCUT2D eigenvalue weighted by Crippen LogP contribution is 2.43. The second kappa shape index (κ2) is 52.8. The molecule has 9 heteroatoms. The van der Waals surface area contributed by atoms with Gasteiger partial charge in [-0.1, -0.05) is 282 Å². The van der Waals surface area contributed by atoms with Gasteiger partial charge in [-0.25, -0.2) is 4.57 Å². The van der Waals surface area contributed by atoms with Crippen molar-refractivity contribution < 1.29 is 32.9 Å². The molecule has 0 rings (SSSR count). The Balaban J connectivity index is 3.83. The fourth-order valence-electron chi connectivity index (χ4n) is 9.37. The molecule has 416 valence electrons. The molecule has 0 aromatic rings. The number of aliphatic hydroxyl groups is 1. The molecule has 0 radical (unpaired) electrons. The fraction of sp³-hybridized carbons (Fsp3) is 0.918. The van der Waals surface area contributed by atoms with Crippen molar-refractivity contribution in [2.24, 2.45) is 0 Å². The molecule has 70 heavy (non-hydrogen) atoms. The number of likely N-dealkylation sites (N-methyl/N-ethyl adjacent to an activating group) is 1. The highest BCUT2D eigenvalue weighted by molar-refractivity contribution is 7.47. The first kappa shape index (κ1) is 69.0. The number of carbonyl (C=O) groups excluding carboxylic acids is 1. The third-order valence-corrected chi connectivity index (χ3v) is 15.2. The van der Waals surface area contributed by atoms with E-state index in [0.717, 1.165) is 44.9 Å². The minimum atomic E-state index is -4.31. The molecule has 0 aliphatic heterocycles. The first-order valence-corrected chi connectivity index (χ1v) is 32.2. The van der Waals surface area contributed by atoms with Gasteiger partial charge in [-0.2, -0.15) is 0 Å². The Bertz CT molecular complexity index is 1190. The average Bonchev–Trinajstić information content (AvgIpc) is 3.32. The third kappa shape index (κ3) is 54.7. The molecular formula is C61H122N2O6P+. The summed E-state index contributed by atoms with van der Waals surface area (Å²) in [6.07, 6.45) is 67.0. The summed E-state index contributed by atoms with van der Waals surface area (Å²) in [6, 6.07) is -0.756. The number of phosphoric acid groups is 1. The largest absolute Gasteiger partial charge is 0.472 e. The first-order valence-electron chi connectivity index (χ1n) is 30.7. The smallest absolute Gasteiger partial charge is 0.391 e. The quantitative estimate of drug-likeness (QED) is 0.0243. The zero-order valence-corrected chi connectivity index (χ0v) is 48.4. The van der Waals surface area contributed by atoms with Crippen molar-refractivity contribution in [3.8, 4) is 0 Å². The van der Waals surface area contributed by atoms with Crippen LogP contribution >= 0.6 is 7.82 Å². The van der Waals surface area contributed by atoms with Crippen molar-refractivity contribution in [2.45, 2.75) is 321 Å². The molecule has 0 fully saturated rings. The molecule has 0 aliphatic carbocycles. The zero-order valence-electron chi connectivity index (χ0n) is 47.5. The summed E-state index contributed by atoms with van der Waals surface area (Å²) >= 11 is 0. The van der Waals surface area contributed by atoms with Crippen LogP contribution in [0.1, 0.15) is 309 Å². The van der Waals surface area contributed by atoms with E-state index in [4.69, 9.17) is 9.05 Å². The Kier molecular flexibility index (Phi) is 52.1. The number of aliphatic hydroxyl groups excluding tert-OH is 1. The van der Waals surface area contributed by atoms with Crippen LogP contribution in [0.25, 0.3) is 0 Å². The predicted octanol–water partition coefficient (Wildman–Crippen LogP) is 18.8. The Morgan fingerprint density at radius 1 is 0.486 bits per heavy atom. The van der Waals surface area contributed by atoms with Crippen LogP contribution in [0.15, 0.2) is 24.3 Å². The topological polar surface area (TPSA) is 105 Å². The van der Waals surface area contributed by atoms with E-state index >= 15 is 0 Å². The Labute approximate surface area is 436 Å². The lowest BCUT2D eigenvalue weighted by Crippen LogP contribution is -2.46. The number of carbonyl (C=O) groups is 1. The summed E-state index contributed by atoms with van der Waals surface area (Å²) in [5, 5.41) is 14.0. The van der Waals surface area contributed by atoms with Crippen molar-refractivity contribution >= 4 is 13.7 Å². The molecule has 0 aliphatic rings. The second-order valence-corrected chi connectivity index (χ2v) is 23.9. The summed E-state index contributed by atoms with van der Waals surface area (Å²) in [4.78, 5) is 23.3. The molecule has 0 saturated heterocycles. The average molecular weight is 1010 g/mol. The number of amides is 1. The molecule has 8 nitrogen and oxygen atoms in total. The van der Waals surface area contributed by atoms with Gasteiger partial charge in [0.2, 0.25) is 5.91 Å². The Morgan fingerprint density at radius 3 is 1.17 bits per heavy atom. The lowest BCUT2D eigenvalue weighted by Gasteiger charge is -2.26. The van der Waals surface area contributed by atoms with E-state index in [1.807, 2.05) is 21.1 Å². The van der Waals surface area contributed by atoms with Gasteiger partial charge in [0.15, 0.2) is 0 Å². The molecule has 3 atom stereocenters. The van der Waals surface area contributed by atoms with Gasteiger partial charge in [0.05, 0.1) is 39.9 Å². The second-order valence-electron chi connectivity index (χ2n) is 22.4. The summed E-state index contributed by atoms with van der Waals surface area (Å²) in [5.41, 5.74) is 0. The number of hydrogen-bond donors (Lipinski definition) is 3. The van der Waals surface area contributed by atoms with Crippen molar-refractivity contribution in [3.63, 3.8) is 0 Å². The van der Waals surface area contributed by atoms with Crippen LogP contribution in [0.3, 0.4) is 0 Å². The van der Waals surface area contributed by atoms with Crippen LogP contribution in [-0.4, -0.2) is 73.4 Å². The molecule has 0 heterocycles. The number of rotatable bonds is 57. The summed E-state index contributed by atoms with van der Waals surface area (Å²) < 4.78 is 23.7. The highest BCUT2D eigenvalue weighted by Gasteiger charge is 2.28. The van der Waals surface area contributed by atoms with E-state index in [-0.39, 0.29) is 19.1 Å². The minimum absolute atomic E-state index is 0.0773. The maximum absolute atomic E-state index is 13.0. The van der Waals surface area contributed by atoms with E-state index in [0.29, 0.717) is 23.9 Å². The van der Waals surface area contributed by atoms with E-state index in [1.54, 1.807) is 0 Å². The van der Waals surface area contributed by atoms with Gasteiger partial charge in [-0.3, -0.25) is 13.8 Å². The van der Waals surface area contributed by atoms with Crippen molar-refractivity contribution in [1.29, 1.82) is 0 Å². The number of unbranched alkanes of at least 4 members (excludes halogenated alkanes) is 40. The molecule has 0 bridgehead atoms. The van der Waals surface area contributed by atoms with Crippen LogP contribution in [0, 0.1) is 0 Å². The molecule has 0 saturated carbocycles. The number of allylic oxidation sites excluding steroid dienone is 4. The summed E-state index contributed by atoms with van der Waals surface area (Å²) in [5.74, 6) is -0.139. The van der Waals surface area contributed by atoms with Crippen LogP contribution in [0.2, 0.25) is 0 Å². The monoisotopic (exact) mass is 1010 g/mol. The molecule has 3 unspecified atom stereocenters. The summed E-state index contributed by atoms with van der Waals surface area (Å²) in [7, 11) is 1.63. The normalized spacial score (nSPS) is 14.0. The van der Waals surface area contributed by atoms with Gasteiger partial charge in [0, 0.05) is 6.42 Å². The molecule has 0 spiro atoms. The minimum Gasteiger partial charge on any atom is -0.391 e. The fourth-order valence-corrected chi connectivity index (χ4v) is 10.1. The van der Waals surface area contributed by atoms with Crippen LogP contribution < -0.4 is 5.32 Å². The molecule has 0 aromatic carbocycles. The molecule has 1 amide bonds. The number of nitrogens with zero attached hydrogens (tertiary/aromatic N) is 1. The van der Waals surface area contributed by atoms with Crippen LogP contribution in [0.5, 0.6) is 0 Å². The molecule has 3 N–H and O–H groups in total. The summed E-state index contributed by atoms with van der Waals surface area (Å²) in [6.45, 7) is 4.90. The van der Waals surface area contributed by atoms with Crippen LogP contribution in [0.4, 0.5) is 0 Å². The highest BCUT2D eigenvalue weighted by atomic mass is 31.2. The van der Waals surface area contributed by atoms with Crippen molar-refractivity contribution in [1.82, 2.24) is 5.32 Å². The maximum Gasteiger partial charge on any atom is 0.472 e. The lowest BCUT2D eigenvalue weighted by molar-refractivity contribution is -0.870. The maximum atomic E-state index is 13.0. The number of hydrogen-bond acceptors (Lipinski definition) is 5. The molecule has 0 aromatic heterocycles. The Morgan fingerprint density at radius 2 is 0.814 bits per heavy atom. The van der Waals surface area contributed by atoms with Crippen molar-refractivity contribution in [2.75, 3.05) is 40.9 Å². The molecular weight excluding hydrogens is 888 g/mol. The van der Waals surface area contributed by atoms with Gasteiger partial charge in [-0.05, 0) is 44.9 Å². The number of phosphoric ester groups is 1. The third-order valence-electron chi connectivity index (χ3n) is 14.2. The van der Waals surface area contributed by atoms with E-state index in [1.165, 1.54) is 238 Å². The van der Waals surface area contributed by atoms with Gasteiger partial charge >= 0.3 is 7.82 Å². The number of quaternary nitrogens is 1.